The van der Waals surface area contributed by atoms with Crippen LogP contribution in [0.1, 0.15) is 22.8 Å². The van der Waals surface area contributed by atoms with Gasteiger partial charge in [-0.1, -0.05) is 46.9 Å². The minimum absolute atomic E-state index is 0.0744. The van der Waals surface area contributed by atoms with Crippen molar-refractivity contribution >= 4 is 34.6 Å². The van der Waals surface area contributed by atoms with E-state index in [9.17, 15) is 18.4 Å². The van der Waals surface area contributed by atoms with Crippen molar-refractivity contribution in [3.8, 4) is 11.1 Å². The molecule has 0 saturated heterocycles. The molecule has 2 rings (SSSR count). The monoisotopic (exact) mass is 489 g/mol. The van der Waals surface area contributed by atoms with Crippen LogP contribution in [0, 0.1) is 11.6 Å². The van der Waals surface area contributed by atoms with Crippen molar-refractivity contribution in [2.75, 3.05) is 7.11 Å². The number of ether oxygens (including phenoxy) is 1. The van der Waals surface area contributed by atoms with E-state index < -0.39 is 23.6 Å². The number of alkyl halides is 1. The molecule has 27 heavy (non-hydrogen) atoms. The Hall–Kier alpha value is -2.27. The van der Waals surface area contributed by atoms with Gasteiger partial charge in [0.2, 0.25) is 0 Å². The molecule has 0 radical (unpaired) electrons. The van der Waals surface area contributed by atoms with Crippen molar-refractivity contribution in [3.63, 3.8) is 0 Å². The molecule has 0 aliphatic rings. The number of rotatable bonds is 5. The summed E-state index contributed by atoms with van der Waals surface area (Å²) in [4.78, 5) is 23.7. The average Bonchev–Trinajstić information content (AvgIpc) is 2.65. The Morgan fingerprint density at radius 2 is 1.96 bits per heavy atom. The van der Waals surface area contributed by atoms with E-state index in [1.807, 2.05) is 22.6 Å². The Morgan fingerprint density at radius 1 is 1.26 bits per heavy atom. The Bertz CT molecular complexity index is 862. The number of nitrogens with one attached hydrogen (secondary N) is 1. The van der Waals surface area contributed by atoms with Gasteiger partial charge in [-0.2, -0.15) is 0 Å². The van der Waals surface area contributed by atoms with Crippen LogP contribution in [0.15, 0.2) is 36.4 Å². The highest BCUT2D eigenvalue weighted by Gasteiger charge is 2.19. The second kappa shape index (κ2) is 9.09. The molecular formula is C18H18F2IN3O3. The quantitative estimate of drug-likeness (QED) is 0.128. The van der Waals surface area contributed by atoms with Gasteiger partial charge in [-0.15, -0.1) is 0 Å². The molecule has 2 aromatic rings. The summed E-state index contributed by atoms with van der Waals surface area (Å²) in [6.07, 6.45) is 0. The lowest BCUT2D eigenvalue weighted by Crippen LogP contribution is -2.47. The smallest absolute Gasteiger partial charge is 0.341 e. The second-order valence-corrected chi connectivity index (χ2v) is 7.40. The molecule has 3 N–H and O–H groups in total. The number of amides is 2. The van der Waals surface area contributed by atoms with Gasteiger partial charge in [0.15, 0.2) is 0 Å². The number of benzene rings is 2. The van der Waals surface area contributed by atoms with Gasteiger partial charge >= 0.3 is 12.0 Å². The fraction of sp³-hybridized carbons (Fsp3) is 0.222. The number of hydrazine groups is 1. The highest BCUT2D eigenvalue weighted by Crippen LogP contribution is 2.28. The Morgan fingerprint density at radius 3 is 2.56 bits per heavy atom. The molecule has 0 saturated carbocycles. The first-order valence-corrected chi connectivity index (χ1v) is 9.12. The number of carbonyl (C=O) groups is 2. The maximum absolute atomic E-state index is 14.5. The number of nitrogens with zero attached hydrogens (tertiary/aromatic N) is 1. The first-order chi connectivity index (χ1) is 12.8. The summed E-state index contributed by atoms with van der Waals surface area (Å²) in [5, 5.41) is 3.50. The van der Waals surface area contributed by atoms with Crippen LogP contribution < -0.4 is 11.2 Å². The van der Waals surface area contributed by atoms with E-state index in [1.165, 1.54) is 30.3 Å². The lowest BCUT2D eigenvalue weighted by atomic mass is 9.98. The topological polar surface area (TPSA) is 84.7 Å². The van der Waals surface area contributed by atoms with Crippen molar-refractivity contribution in [1.82, 2.24) is 10.3 Å². The van der Waals surface area contributed by atoms with Crippen LogP contribution >= 0.6 is 22.6 Å². The third-order valence-corrected chi connectivity index (χ3v) is 4.42. The number of hydrogen-bond donors (Lipinski definition) is 2. The average molecular weight is 489 g/mol. The van der Waals surface area contributed by atoms with E-state index in [4.69, 9.17) is 5.84 Å². The van der Waals surface area contributed by atoms with Crippen LogP contribution in [0.2, 0.25) is 0 Å². The SMILES string of the molecule is COC(=O)c1c(F)cccc1-c1ccc(CNC(=O)N(N)C(C)I)c(F)c1. The van der Waals surface area contributed by atoms with Gasteiger partial charge in [0.1, 0.15) is 17.2 Å². The zero-order valence-corrected chi connectivity index (χ0v) is 16.8. The molecular weight excluding hydrogens is 471 g/mol. The number of halogens is 3. The molecule has 0 aliphatic heterocycles. The predicted molar refractivity (Wildman–Crippen MR) is 105 cm³/mol. The number of esters is 1. The van der Waals surface area contributed by atoms with Crippen LogP contribution in [0.5, 0.6) is 0 Å². The number of carbonyl (C=O) groups excluding carboxylic acids is 2. The molecule has 2 aromatic carbocycles. The third-order valence-electron chi connectivity index (χ3n) is 3.82. The fourth-order valence-electron chi connectivity index (χ4n) is 2.36. The Kier molecular flexibility index (Phi) is 7.08. The molecule has 0 spiro atoms. The molecule has 1 atom stereocenters. The second-order valence-electron chi connectivity index (χ2n) is 5.60. The van der Waals surface area contributed by atoms with Gasteiger partial charge in [-0.05, 0) is 30.2 Å². The van der Waals surface area contributed by atoms with Gasteiger partial charge < -0.3 is 10.1 Å². The normalized spacial score (nSPS) is 11.6. The highest BCUT2D eigenvalue weighted by molar-refractivity contribution is 14.1. The number of nitrogens with two attached hydrogens (primary N) is 1. The van der Waals surface area contributed by atoms with E-state index in [0.29, 0.717) is 5.56 Å². The van der Waals surface area contributed by atoms with Crippen LogP contribution in [0.3, 0.4) is 0 Å². The van der Waals surface area contributed by atoms with Crippen molar-refractivity contribution < 1.29 is 23.1 Å². The summed E-state index contributed by atoms with van der Waals surface area (Å²) in [7, 11) is 1.14. The van der Waals surface area contributed by atoms with E-state index >= 15 is 0 Å². The fourth-order valence-corrected chi connectivity index (χ4v) is 2.61. The van der Waals surface area contributed by atoms with E-state index in [0.717, 1.165) is 18.2 Å². The standard InChI is InChI=1S/C18H18F2IN3O3/c1-10(21)24(22)18(26)23-9-12-7-6-11(8-15(12)20)13-4-3-5-14(19)16(13)17(25)27-2/h3-8,10H,9,22H2,1-2H3,(H,23,26). The summed E-state index contributed by atoms with van der Waals surface area (Å²) in [6, 6.07) is 7.66. The number of urea groups is 1. The third kappa shape index (κ3) is 4.92. The molecule has 2 amide bonds. The highest BCUT2D eigenvalue weighted by atomic mass is 127. The molecule has 0 aromatic heterocycles. The van der Waals surface area contributed by atoms with Gasteiger partial charge in [-0.25, -0.2) is 29.2 Å². The van der Waals surface area contributed by atoms with E-state index in [-0.39, 0.29) is 27.3 Å². The lowest BCUT2D eigenvalue weighted by molar-refractivity contribution is 0.0596. The van der Waals surface area contributed by atoms with Crippen LogP contribution in [0.4, 0.5) is 13.6 Å². The summed E-state index contributed by atoms with van der Waals surface area (Å²) in [6.45, 7) is 1.66. The molecule has 0 heterocycles. The lowest BCUT2D eigenvalue weighted by Gasteiger charge is -2.20. The van der Waals surface area contributed by atoms with Crippen molar-refractivity contribution in [2.24, 2.45) is 5.84 Å². The van der Waals surface area contributed by atoms with Crippen LogP contribution in [0.25, 0.3) is 11.1 Å². The zero-order chi connectivity index (χ0) is 20.1. The number of hydrogen-bond acceptors (Lipinski definition) is 4. The molecule has 6 nitrogen and oxygen atoms in total. The summed E-state index contributed by atoms with van der Waals surface area (Å²) >= 11 is 1.97. The van der Waals surface area contributed by atoms with Crippen molar-refractivity contribution in [3.05, 3.63) is 59.2 Å². The van der Waals surface area contributed by atoms with Gasteiger partial charge in [-0.3, -0.25) is 0 Å². The van der Waals surface area contributed by atoms with E-state index in [2.05, 4.69) is 10.1 Å². The molecule has 1 unspecified atom stereocenters. The van der Waals surface area contributed by atoms with Crippen LogP contribution in [-0.2, 0) is 11.3 Å². The zero-order valence-electron chi connectivity index (χ0n) is 14.6. The minimum Gasteiger partial charge on any atom is -0.465 e. The largest absolute Gasteiger partial charge is 0.465 e. The summed E-state index contributed by atoms with van der Waals surface area (Å²) < 4.78 is 32.9. The van der Waals surface area contributed by atoms with Crippen LogP contribution in [-0.4, -0.2) is 28.2 Å². The molecule has 144 valence electrons. The molecule has 0 fully saturated rings. The number of methoxy groups -OCH3 is 1. The summed E-state index contributed by atoms with van der Waals surface area (Å²) in [5.41, 5.74) is 0.472. The summed E-state index contributed by atoms with van der Waals surface area (Å²) in [5.74, 6) is 3.35. The maximum Gasteiger partial charge on any atom is 0.341 e. The van der Waals surface area contributed by atoms with E-state index in [1.54, 1.807) is 6.92 Å². The van der Waals surface area contributed by atoms with Gasteiger partial charge in [0.05, 0.1) is 11.2 Å². The molecule has 9 heteroatoms. The Labute approximate surface area is 168 Å². The van der Waals surface area contributed by atoms with Crippen molar-refractivity contribution in [1.29, 1.82) is 0 Å². The first kappa shape index (κ1) is 21.0. The predicted octanol–water partition coefficient (Wildman–Crippen LogP) is 3.58. The molecule has 0 bridgehead atoms. The Balaban J connectivity index is 2.27. The first-order valence-electron chi connectivity index (χ1n) is 7.87. The van der Waals surface area contributed by atoms with Crippen molar-refractivity contribution in [2.45, 2.75) is 17.5 Å². The minimum atomic E-state index is -0.851. The molecule has 0 aliphatic carbocycles. The van der Waals surface area contributed by atoms with Gasteiger partial charge in [0, 0.05) is 12.1 Å². The van der Waals surface area contributed by atoms with Gasteiger partial charge in [0.25, 0.3) is 0 Å². The maximum atomic E-state index is 14.5.